The summed E-state index contributed by atoms with van der Waals surface area (Å²) in [6.07, 6.45) is 0. The molecule has 0 aliphatic heterocycles. The SMILES string of the molecule is C=C(C)C(=O)OCCOc1ccc(-c2ccc(-c3cc(OC(=O)C(=C)C)cc(OC(=O)C(=C)C)c3)c(F)c2)cc1. The molecule has 0 fully saturated rings. The van der Waals surface area contributed by atoms with Gasteiger partial charge in [0.2, 0.25) is 0 Å². The Labute approximate surface area is 232 Å². The zero-order valence-electron chi connectivity index (χ0n) is 22.5. The highest BCUT2D eigenvalue weighted by Crippen LogP contribution is 2.34. The van der Waals surface area contributed by atoms with E-state index < -0.39 is 23.7 Å². The lowest BCUT2D eigenvalue weighted by Gasteiger charge is -2.12. The lowest BCUT2D eigenvalue weighted by molar-refractivity contribution is -0.139. The van der Waals surface area contributed by atoms with Crippen LogP contribution in [-0.4, -0.2) is 31.1 Å². The molecule has 0 atom stereocenters. The van der Waals surface area contributed by atoms with Crippen molar-refractivity contribution in [3.8, 4) is 39.5 Å². The lowest BCUT2D eigenvalue weighted by atomic mass is 9.99. The van der Waals surface area contributed by atoms with Gasteiger partial charge in [0.05, 0.1) is 0 Å². The highest BCUT2D eigenvalue weighted by Gasteiger charge is 2.15. The number of hydrogen-bond donors (Lipinski definition) is 0. The molecule has 0 aliphatic rings. The second-order valence-corrected chi connectivity index (χ2v) is 9.02. The Kier molecular flexibility index (Phi) is 9.76. The predicted molar refractivity (Wildman–Crippen MR) is 149 cm³/mol. The van der Waals surface area contributed by atoms with Crippen molar-refractivity contribution in [2.45, 2.75) is 20.8 Å². The van der Waals surface area contributed by atoms with Gasteiger partial charge in [0, 0.05) is 28.3 Å². The van der Waals surface area contributed by atoms with Crippen LogP contribution in [-0.2, 0) is 19.1 Å². The van der Waals surface area contributed by atoms with Crippen molar-refractivity contribution >= 4 is 17.9 Å². The van der Waals surface area contributed by atoms with Crippen molar-refractivity contribution < 1.29 is 37.7 Å². The highest BCUT2D eigenvalue weighted by molar-refractivity contribution is 5.90. The molecule has 206 valence electrons. The molecule has 0 bridgehead atoms. The van der Waals surface area contributed by atoms with Crippen LogP contribution in [0.5, 0.6) is 17.2 Å². The molecule has 0 saturated heterocycles. The molecular formula is C32H29FO7. The maximum atomic E-state index is 15.4. The normalized spacial score (nSPS) is 10.3. The van der Waals surface area contributed by atoms with Gasteiger partial charge in [-0.2, -0.15) is 0 Å². The van der Waals surface area contributed by atoms with E-state index in [2.05, 4.69) is 19.7 Å². The molecule has 40 heavy (non-hydrogen) atoms. The first-order valence-electron chi connectivity index (χ1n) is 12.2. The van der Waals surface area contributed by atoms with E-state index in [1.54, 1.807) is 43.3 Å². The number of carbonyl (C=O) groups is 3. The molecule has 0 spiro atoms. The minimum Gasteiger partial charge on any atom is -0.490 e. The standard InChI is InChI=1S/C32H29FO7/c1-19(2)30(34)38-14-13-37-25-10-7-22(8-11-25)23-9-12-28(29(33)17-23)24-15-26(39-31(35)20(3)4)18-27(16-24)40-32(36)21(5)6/h7-12,15-18H,1,3,5,13-14H2,2,4,6H3. The zero-order chi connectivity index (χ0) is 29.4. The molecular weight excluding hydrogens is 515 g/mol. The molecule has 3 rings (SSSR count). The first kappa shape index (κ1) is 29.6. The molecule has 7 nitrogen and oxygen atoms in total. The van der Waals surface area contributed by atoms with Crippen molar-refractivity contribution in [2.24, 2.45) is 0 Å². The quantitative estimate of drug-likeness (QED) is 0.116. The first-order chi connectivity index (χ1) is 18.9. The fourth-order valence-corrected chi connectivity index (χ4v) is 3.32. The Morgan fingerprint density at radius 1 is 0.625 bits per heavy atom. The summed E-state index contributed by atoms with van der Waals surface area (Å²) in [7, 11) is 0. The van der Waals surface area contributed by atoms with Gasteiger partial charge in [0.15, 0.2) is 0 Å². The average Bonchev–Trinajstić information content (AvgIpc) is 2.90. The molecule has 0 amide bonds. The van der Waals surface area contributed by atoms with Gasteiger partial charge < -0.3 is 18.9 Å². The Morgan fingerprint density at radius 3 is 1.65 bits per heavy atom. The monoisotopic (exact) mass is 544 g/mol. The Bertz CT molecular complexity index is 1440. The summed E-state index contributed by atoms with van der Waals surface area (Å²) in [5, 5.41) is 0. The molecule has 3 aromatic rings. The van der Waals surface area contributed by atoms with Crippen molar-refractivity contribution in [3.05, 3.63) is 103 Å². The molecule has 0 saturated carbocycles. The Morgan fingerprint density at radius 2 is 1.15 bits per heavy atom. The van der Waals surface area contributed by atoms with Crippen LogP contribution in [0.4, 0.5) is 4.39 Å². The molecule has 0 aliphatic carbocycles. The lowest BCUT2D eigenvalue weighted by Crippen LogP contribution is -2.12. The molecule has 0 aromatic heterocycles. The number of halogens is 1. The van der Waals surface area contributed by atoms with Gasteiger partial charge in [-0.3, -0.25) is 0 Å². The summed E-state index contributed by atoms with van der Waals surface area (Å²) >= 11 is 0. The van der Waals surface area contributed by atoms with Crippen molar-refractivity contribution in [1.29, 1.82) is 0 Å². The Balaban J connectivity index is 1.81. The third-order valence-electron chi connectivity index (χ3n) is 5.40. The van der Waals surface area contributed by atoms with Gasteiger partial charge in [0.1, 0.15) is 36.3 Å². The van der Waals surface area contributed by atoms with Crippen LogP contribution >= 0.6 is 0 Å². The summed E-state index contributed by atoms with van der Waals surface area (Å²) in [6.45, 7) is 15.4. The fraction of sp³-hybridized carbons (Fsp3) is 0.156. The molecule has 0 radical (unpaired) electrons. The molecule has 0 unspecified atom stereocenters. The minimum absolute atomic E-state index is 0.0588. The van der Waals surface area contributed by atoms with Crippen LogP contribution in [0.2, 0.25) is 0 Å². The van der Waals surface area contributed by atoms with Crippen molar-refractivity contribution in [1.82, 2.24) is 0 Å². The largest absolute Gasteiger partial charge is 0.490 e. The van der Waals surface area contributed by atoms with Crippen molar-refractivity contribution in [3.63, 3.8) is 0 Å². The molecule has 0 heterocycles. The van der Waals surface area contributed by atoms with E-state index in [1.807, 2.05) is 0 Å². The number of rotatable bonds is 11. The highest BCUT2D eigenvalue weighted by atomic mass is 19.1. The van der Waals surface area contributed by atoms with E-state index in [4.69, 9.17) is 18.9 Å². The first-order valence-corrected chi connectivity index (χ1v) is 12.2. The van der Waals surface area contributed by atoms with Crippen LogP contribution in [0, 0.1) is 5.82 Å². The van der Waals surface area contributed by atoms with Crippen LogP contribution < -0.4 is 14.2 Å². The Hall–Kier alpha value is -4.98. The van der Waals surface area contributed by atoms with E-state index in [1.165, 1.54) is 38.1 Å². The van der Waals surface area contributed by atoms with Crippen LogP contribution in [0.1, 0.15) is 20.8 Å². The molecule has 0 N–H and O–H groups in total. The molecule has 3 aromatic carbocycles. The number of benzene rings is 3. The van der Waals surface area contributed by atoms with Gasteiger partial charge in [-0.05, 0) is 67.8 Å². The minimum atomic E-state index is -0.676. The fourth-order valence-electron chi connectivity index (χ4n) is 3.32. The number of hydrogen-bond acceptors (Lipinski definition) is 7. The average molecular weight is 545 g/mol. The topological polar surface area (TPSA) is 88.1 Å². The van der Waals surface area contributed by atoms with Gasteiger partial charge in [0.25, 0.3) is 0 Å². The van der Waals surface area contributed by atoms with Gasteiger partial charge in [-0.15, -0.1) is 0 Å². The summed E-state index contributed by atoms with van der Waals surface area (Å²) < 4.78 is 36.5. The van der Waals surface area contributed by atoms with E-state index in [0.29, 0.717) is 22.4 Å². The van der Waals surface area contributed by atoms with E-state index in [-0.39, 0.29) is 41.4 Å². The maximum Gasteiger partial charge on any atom is 0.338 e. The van der Waals surface area contributed by atoms with E-state index in [9.17, 15) is 14.4 Å². The van der Waals surface area contributed by atoms with Crippen LogP contribution in [0.15, 0.2) is 97.1 Å². The van der Waals surface area contributed by atoms with Gasteiger partial charge in [-0.25, -0.2) is 18.8 Å². The predicted octanol–water partition coefficient (Wildman–Crippen LogP) is 6.62. The second-order valence-electron chi connectivity index (χ2n) is 9.02. The zero-order valence-corrected chi connectivity index (χ0v) is 22.5. The van der Waals surface area contributed by atoms with Gasteiger partial charge in [-0.1, -0.05) is 44.0 Å². The van der Waals surface area contributed by atoms with Gasteiger partial charge >= 0.3 is 17.9 Å². The third-order valence-corrected chi connectivity index (χ3v) is 5.40. The second kappa shape index (κ2) is 13.2. The summed E-state index contributed by atoms with van der Waals surface area (Å²) in [6, 6.07) is 16.0. The third kappa shape index (κ3) is 8.01. The van der Waals surface area contributed by atoms with Crippen LogP contribution in [0.25, 0.3) is 22.3 Å². The molecule has 8 heteroatoms. The number of ether oxygens (including phenoxy) is 4. The number of carbonyl (C=O) groups excluding carboxylic acids is 3. The number of esters is 3. The summed E-state index contributed by atoms with van der Waals surface area (Å²) in [5.74, 6) is -1.70. The van der Waals surface area contributed by atoms with Crippen molar-refractivity contribution in [2.75, 3.05) is 13.2 Å². The summed E-state index contributed by atoms with van der Waals surface area (Å²) in [5.41, 5.74) is 2.54. The van der Waals surface area contributed by atoms with E-state index >= 15 is 4.39 Å². The van der Waals surface area contributed by atoms with E-state index in [0.717, 1.165) is 5.56 Å². The smallest absolute Gasteiger partial charge is 0.338 e. The maximum absolute atomic E-state index is 15.4. The van der Waals surface area contributed by atoms with Crippen LogP contribution in [0.3, 0.4) is 0 Å². The summed E-state index contributed by atoms with van der Waals surface area (Å²) in [4.78, 5) is 35.5.